The number of nitrogens with one attached hydrogen (secondary N) is 1. The number of hydrogen-bond acceptors (Lipinski definition) is 4. The van der Waals surface area contributed by atoms with Crippen LogP contribution in [0.5, 0.6) is 0 Å². The first-order valence-corrected chi connectivity index (χ1v) is 10.5. The predicted molar refractivity (Wildman–Crippen MR) is 110 cm³/mol. The number of anilines is 1. The lowest BCUT2D eigenvalue weighted by atomic mass is 10.1. The highest BCUT2D eigenvalue weighted by atomic mass is 32.1. The van der Waals surface area contributed by atoms with Gasteiger partial charge in [-0.05, 0) is 61.4 Å². The van der Waals surface area contributed by atoms with E-state index in [0.29, 0.717) is 17.2 Å². The van der Waals surface area contributed by atoms with Gasteiger partial charge in [0.25, 0.3) is 0 Å². The van der Waals surface area contributed by atoms with Gasteiger partial charge in [0, 0.05) is 11.0 Å². The van der Waals surface area contributed by atoms with Crippen molar-refractivity contribution in [1.29, 1.82) is 0 Å². The molecule has 0 radical (unpaired) electrons. The number of fused-ring (bicyclic) bond motifs is 1. The highest BCUT2D eigenvalue weighted by Gasteiger charge is 2.26. The van der Waals surface area contributed by atoms with E-state index in [4.69, 9.17) is 4.74 Å². The lowest BCUT2D eigenvalue weighted by molar-refractivity contribution is -0.111. The zero-order valence-electron chi connectivity index (χ0n) is 15.9. The van der Waals surface area contributed by atoms with Crippen LogP contribution in [0, 0.1) is 5.82 Å². The van der Waals surface area contributed by atoms with E-state index in [1.807, 2.05) is 6.92 Å². The van der Waals surface area contributed by atoms with Crippen molar-refractivity contribution in [2.24, 2.45) is 0 Å². The van der Waals surface area contributed by atoms with Crippen LogP contribution in [0.2, 0.25) is 0 Å². The van der Waals surface area contributed by atoms with Crippen LogP contribution >= 0.6 is 11.3 Å². The molecule has 1 aromatic carbocycles. The van der Waals surface area contributed by atoms with Crippen molar-refractivity contribution in [2.45, 2.75) is 45.4 Å². The van der Waals surface area contributed by atoms with E-state index >= 15 is 0 Å². The van der Waals surface area contributed by atoms with E-state index in [1.54, 1.807) is 18.2 Å². The molecular formula is C22H24FNO3S. The number of ether oxygens (including phenoxy) is 1. The van der Waals surface area contributed by atoms with Crippen LogP contribution in [0.1, 0.15) is 59.0 Å². The Morgan fingerprint density at radius 3 is 2.68 bits per heavy atom. The zero-order chi connectivity index (χ0) is 19.9. The highest BCUT2D eigenvalue weighted by molar-refractivity contribution is 7.17. The topological polar surface area (TPSA) is 55.4 Å². The molecule has 1 aliphatic carbocycles. The van der Waals surface area contributed by atoms with Crippen LogP contribution in [0.15, 0.2) is 30.3 Å². The second-order valence-electron chi connectivity index (χ2n) is 6.78. The second kappa shape index (κ2) is 9.64. The summed E-state index contributed by atoms with van der Waals surface area (Å²) in [4.78, 5) is 26.2. The van der Waals surface area contributed by atoms with Crippen molar-refractivity contribution in [3.8, 4) is 0 Å². The minimum atomic E-state index is -0.362. The first-order chi connectivity index (χ1) is 13.6. The Morgan fingerprint density at radius 2 is 1.93 bits per heavy atom. The van der Waals surface area contributed by atoms with Crippen molar-refractivity contribution in [3.63, 3.8) is 0 Å². The number of hydrogen-bond donors (Lipinski definition) is 1. The van der Waals surface area contributed by atoms with Crippen molar-refractivity contribution in [3.05, 3.63) is 57.7 Å². The Morgan fingerprint density at radius 1 is 1.18 bits per heavy atom. The average molecular weight is 402 g/mol. The van der Waals surface area contributed by atoms with Gasteiger partial charge in [0.1, 0.15) is 10.8 Å². The SMILES string of the molecule is CCCOC(=O)c1c(NC(=O)/C=C/c2ccc(F)cc2)sc2c1CCCCC2. The Balaban J connectivity index is 1.80. The highest BCUT2D eigenvalue weighted by Crippen LogP contribution is 2.38. The molecule has 0 spiro atoms. The molecule has 1 N–H and O–H groups in total. The predicted octanol–water partition coefficient (Wildman–Crippen LogP) is 5.37. The summed E-state index contributed by atoms with van der Waals surface area (Å²) in [5.41, 5.74) is 2.27. The van der Waals surface area contributed by atoms with Gasteiger partial charge in [-0.25, -0.2) is 9.18 Å². The molecule has 3 rings (SSSR count). The van der Waals surface area contributed by atoms with Gasteiger partial charge in [-0.1, -0.05) is 25.5 Å². The summed E-state index contributed by atoms with van der Waals surface area (Å²) in [6.07, 6.45) is 8.79. The molecule has 1 amide bonds. The lowest BCUT2D eigenvalue weighted by Gasteiger charge is -2.08. The van der Waals surface area contributed by atoms with E-state index in [9.17, 15) is 14.0 Å². The van der Waals surface area contributed by atoms with E-state index in [0.717, 1.165) is 49.7 Å². The quantitative estimate of drug-likeness (QED) is 0.402. The third-order valence-corrected chi connectivity index (χ3v) is 5.80. The van der Waals surface area contributed by atoms with E-state index in [-0.39, 0.29) is 17.7 Å². The minimum absolute atomic E-state index is 0.322. The van der Waals surface area contributed by atoms with Crippen LogP contribution in [0.4, 0.5) is 9.39 Å². The lowest BCUT2D eigenvalue weighted by Crippen LogP contribution is -2.13. The summed E-state index contributed by atoms with van der Waals surface area (Å²) in [7, 11) is 0. The number of carbonyl (C=O) groups excluding carboxylic acids is 2. The van der Waals surface area contributed by atoms with Crippen LogP contribution in [-0.4, -0.2) is 18.5 Å². The summed E-state index contributed by atoms with van der Waals surface area (Å²) in [6.45, 7) is 2.31. The number of carbonyl (C=O) groups is 2. The number of halogens is 1. The number of esters is 1. The Bertz CT molecular complexity index is 871. The van der Waals surface area contributed by atoms with E-state index < -0.39 is 0 Å². The molecule has 1 aliphatic rings. The molecule has 0 unspecified atom stereocenters. The molecular weight excluding hydrogens is 377 g/mol. The number of thiophene rings is 1. The largest absolute Gasteiger partial charge is 0.462 e. The molecule has 0 aliphatic heterocycles. The van der Waals surface area contributed by atoms with E-state index in [1.165, 1.54) is 34.4 Å². The van der Waals surface area contributed by atoms with Crippen LogP contribution < -0.4 is 5.32 Å². The molecule has 0 saturated heterocycles. The Kier molecular flexibility index (Phi) is 6.98. The monoisotopic (exact) mass is 401 g/mol. The van der Waals surface area contributed by atoms with Gasteiger partial charge < -0.3 is 10.1 Å². The molecule has 1 aromatic heterocycles. The average Bonchev–Trinajstić information content (AvgIpc) is 2.86. The molecule has 28 heavy (non-hydrogen) atoms. The maximum atomic E-state index is 13.0. The van der Waals surface area contributed by atoms with Crippen LogP contribution in [0.3, 0.4) is 0 Å². The van der Waals surface area contributed by atoms with Crippen LogP contribution in [-0.2, 0) is 22.4 Å². The van der Waals surface area contributed by atoms with E-state index in [2.05, 4.69) is 5.32 Å². The fourth-order valence-electron chi connectivity index (χ4n) is 3.21. The molecule has 0 bridgehead atoms. The fraction of sp³-hybridized carbons (Fsp3) is 0.364. The first kappa shape index (κ1) is 20.3. The normalized spacial score (nSPS) is 13.8. The maximum Gasteiger partial charge on any atom is 0.341 e. The van der Waals surface area contributed by atoms with Crippen molar-refractivity contribution >= 4 is 34.3 Å². The van der Waals surface area contributed by atoms with Crippen molar-refractivity contribution < 1.29 is 18.7 Å². The number of benzene rings is 1. The molecule has 6 heteroatoms. The molecule has 0 atom stereocenters. The molecule has 0 saturated carbocycles. The van der Waals surface area contributed by atoms with Gasteiger partial charge in [0.15, 0.2) is 0 Å². The minimum Gasteiger partial charge on any atom is -0.462 e. The Labute approximate surface area is 168 Å². The van der Waals surface area contributed by atoms with Gasteiger partial charge >= 0.3 is 5.97 Å². The summed E-state index contributed by atoms with van der Waals surface area (Å²) in [5.74, 6) is -1.01. The molecule has 4 nitrogen and oxygen atoms in total. The standard InChI is InChI=1S/C22H24FNO3S/c1-2-14-27-22(26)20-17-6-4-3-5-7-18(17)28-21(20)24-19(25)13-10-15-8-11-16(23)12-9-15/h8-13H,2-7,14H2,1H3,(H,24,25)/b13-10+. The zero-order valence-corrected chi connectivity index (χ0v) is 16.7. The number of rotatable bonds is 6. The maximum absolute atomic E-state index is 13.0. The van der Waals surface area contributed by atoms with Crippen LogP contribution in [0.25, 0.3) is 6.08 Å². The molecule has 0 fully saturated rings. The summed E-state index contributed by atoms with van der Waals surface area (Å²) in [5, 5.41) is 3.40. The number of amides is 1. The first-order valence-electron chi connectivity index (χ1n) is 9.64. The summed E-state index contributed by atoms with van der Waals surface area (Å²) >= 11 is 1.47. The molecule has 148 valence electrons. The van der Waals surface area contributed by atoms with Gasteiger partial charge in [-0.15, -0.1) is 11.3 Å². The summed E-state index contributed by atoms with van der Waals surface area (Å²) < 4.78 is 18.3. The second-order valence-corrected chi connectivity index (χ2v) is 7.88. The van der Waals surface area contributed by atoms with Crippen molar-refractivity contribution in [1.82, 2.24) is 0 Å². The third-order valence-electron chi connectivity index (χ3n) is 4.60. The smallest absolute Gasteiger partial charge is 0.341 e. The van der Waals surface area contributed by atoms with Gasteiger partial charge in [0.05, 0.1) is 12.2 Å². The molecule has 2 aromatic rings. The summed E-state index contributed by atoms with van der Waals surface area (Å²) in [6, 6.07) is 5.88. The third kappa shape index (κ3) is 5.07. The van der Waals surface area contributed by atoms with Gasteiger partial charge in [0.2, 0.25) is 5.91 Å². The van der Waals surface area contributed by atoms with Gasteiger partial charge in [-0.2, -0.15) is 0 Å². The molecule has 1 heterocycles. The Hall–Kier alpha value is -2.47. The number of aryl methyl sites for hydroxylation is 1. The fourth-order valence-corrected chi connectivity index (χ4v) is 4.49. The van der Waals surface area contributed by atoms with Gasteiger partial charge in [-0.3, -0.25) is 4.79 Å². The van der Waals surface area contributed by atoms with Crippen molar-refractivity contribution in [2.75, 3.05) is 11.9 Å².